The number of carbonyl (C=O) groups is 1. The van der Waals surface area contributed by atoms with Crippen molar-refractivity contribution >= 4 is 34.7 Å². The first kappa shape index (κ1) is 18.5. The molecule has 0 saturated heterocycles. The highest BCUT2D eigenvalue weighted by Gasteiger charge is 2.10. The van der Waals surface area contributed by atoms with Crippen LogP contribution in [-0.4, -0.2) is 12.5 Å². The number of amides is 1. The fraction of sp³-hybridized carbons (Fsp3) is 0.190. The molecule has 0 bridgehead atoms. The largest absolute Gasteiger partial charge is 0.483 e. The molecule has 0 spiro atoms. The van der Waals surface area contributed by atoms with Gasteiger partial charge in [0.25, 0.3) is 5.91 Å². The van der Waals surface area contributed by atoms with Gasteiger partial charge in [0.2, 0.25) is 0 Å². The SMILES string of the molecule is Cc1cccc(C)c1OCC(=O)Nc1ccccc1SCc1ccsc1. The highest BCUT2D eigenvalue weighted by molar-refractivity contribution is 7.98. The number of aryl methyl sites for hydroxylation is 2. The van der Waals surface area contributed by atoms with E-state index in [0.29, 0.717) is 0 Å². The number of thioether (sulfide) groups is 1. The first-order chi connectivity index (χ1) is 12.6. The van der Waals surface area contributed by atoms with Crippen LogP contribution in [0.15, 0.2) is 64.2 Å². The van der Waals surface area contributed by atoms with Crippen LogP contribution in [0.3, 0.4) is 0 Å². The number of carbonyl (C=O) groups excluding carboxylic acids is 1. The second-order valence-electron chi connectivity index (χ2n) is 5.97. The van der Waals surface area contributed by atoms with E-state index in [2.05, 4.69) is 22.1 Å². The molecule has 0 saturated carbocycles. The summed E-state index contributed by atoms with van der Waals surface area (Å²) < 4.78 is 5.74. The number of hydrogen-bond acceptors (Lipinski definition) is 4. The molecule has 0 aliphatic rings. The van der Waals surface area contributed by atoms with Crippen molar-refractivity contribution in [3.63, 3.8) is 0 Å². The predicted molar refractivity (Wildman–Crippen MR) is 110 cm³/mol. The van der Waals surface area contributed by atoms with Crippen molar-refractivity contribution in [2.24, 2.45) is 0 Å². The Hall–Kier alpha value is -2.24. The number of ether oxygens (including phenoxy) is 1. The van der Waals surface area contributed by atoms with Crippen molar-refractivity contribution in [1.29, 1.82) is 0 Å². The van der Waals surface area contributed by atoms with Crippen molar-refractivity contribution < 1.29 is 9.53 Å². The molecule has 1 heterocycles. The highest BCUT2D eigenvalue weighted by atomic mass is 32.2. The van der Waals surface area contributed by atoms with E-state index in [0.717, 1.165) is 33.2 Å². The Kier molecular flexibility index (Phi) is 6.36. The average Bonchev–Trinajstić information content (AvgIpc) is 3.14. The Morgan fingerprint density at radius 2 is 1.85 bits per heavy atom. The van der Waals surface area contributed by atoms with Crippen LogP contribution in [0, 0.1) is 13.8 Å². The van der Waals surface area contributed by atoms with Gasteiger partial charge < -0.3 is 10.1 Å². The van der Waals surface area contributed by atoms with Gasteiger partial charge in [-0.1, -0.05) is 30.3 Å². The number of benzene rings is 2. The lowest BCUT2D eigenvalue weighted by atomic mass is 10.1. The third-order valence-electron chi connectivity index (χ3n) is 3.89. The van der Waals surface area contributed by atoms with Gasteiger partial charge in [0, 0.05) is 10.6 Å². The Morgan fingerprint density at radius 1 is 1.08 bits per heavy atom. The highest BCUT2D eigenvalue weighted by Crippen LogP contribution is 2.30. The lowest BCUT2D eigenvalue weighted by molar-refractivity contribution is -0.118. The zero-order chi connectivity index (χ0) is 18.4. The monoisotopic (exact) mass is 383 g/mol. The van der Waals surface area contributed by atoms with E-state index in [-0.39, 0.29) is 12.5 Å². The van der Waals surface area contributed by atoms with Gasteiger partial charge in [-0.05, 0) is 59.5 Å². The molecule has 1 aromatic heterocycles. The van der Waals surface area contributed by atoms with Crippen LogP contribution in [0.25, 0.3) is 0 Å². The molecule has 134 valence electrons. The second kappa shape index (κ2) is 8.92. The van der Waals surface area contributed by atoms with E-state index in [1.165, 1.54) is 5.56 Å². The fourth-order valence-corrected chi connectivity index (χ4v) is 4.31. The summed E-state index contributed by atoms with van der Waals surface area (Å²) in [5.41, 5.74) is 4.18. The molecule has 0 aliphatic heterocycles. The topological polar surface area (TPSA) is 38.3 Å². The average molecular weight is 384 g/mol. The molecule has 0 radical (unpaired) electrons. The fourth-order valence-electron chi connectivity index (χ4n) is 2.58. The number of rotatable bonds is 7. The minimum atomic E-state index is -0.156. The lowest BCUT2D eigenvalue weighted by Crippen LogP contribution is -2.21. The molecule has 3 aromatic rings. The summed E-state index contributed by atoms with van der Waals surface area (Å²) in [6.45, 7) is 3.96. The quantitative estimate of drug-likeness (QED) is 0.534. The molecule has 0 unspecified atom stereocenters. The molecular formula is C21H21NO2S2. The van der Waals surface area contributed by atoms with Gasteiger partial charge in [-0.15, -0.1) is 11.8 Å². The van der Waals surface area contributed by atoms with Crippen LogP contribution >= 0.6 is 23.1 Å². The molecule has 2 aromatic carbocycles. The summed E-state index contributed by atoms with van der Waals surface area (Å²) in [5, 5.41) is 7.19. The van der Waals surface area contributed by atoms with Crippen molar-refractivity contribution in [3.8, 4) is 5.75 Å². The van der Waals surface area contributed by atoms with Gasteiger partial charge >= 0.3 is 0 Å². The maximum Gasteiger partial charge on any atom is 0.262 e. The molecule has 0 fully saturated rings. The van der Waals surface area contributed by atoms with Gasteiger partial charge in [0.05, 0.1) is 5.69 Å². The van der Waals surface area contributed by atoms with Crippen LogP contribution < -0.4 is 10.1 Å². The molecule has 3 rings (SSSR count). The Labute approximate surface area is 162 Å². The molecule has 1 N–H and O–H groups in total. The molecule has 0 atom stereocenters. The second-order valence-corrected chi connectivity index (χ2v) is 7.77. The number of nitrogens with one attached hydrogen (secondary N) is 1. The maximum atomic E-state index is 12.3. The van der Waals surface area contributed by atoms with Gasteiger partial charge in [-0.2, -0.15) is 11.3 Å². The van der Waals surface area contributed by atoms with Gasteiger partial charge in [0.15, 0.2) is 6.61 Å². The number of thiophene rings is 1. The van der Waals surface area contributed by atoms with E-state index in [4.69, 9.17) is 4.74 Å². The zero-order valence-electron chi connectivity index (χ0n) is 14.8. The van der Waals surface area contributed by atoms with Crippen molar-refractivity contribution in [2.45, 2.75) is 24.5 Å². The first-order valence-electron chi connectivity index (χ1n) is 8.35. The summed E-state index contributed by atoms with van der Waals surface area (Å²) >= 11 is 3.41. The normalized spacial score (nSPS) is 10.5. The van der Waals surface area contributed by atoms with Crippen LogP contribution in [0.1, 0.15) is 16.7 Å². The van der Waals surface area contributed by atoms with E-state index in [9.17, 15) is 4.79 Å². The van der Waals surface area contributed by atoms with Crippen LogP contribution in [0.5, 0.6) is 5.75 Å². The summed E-state index contributed by atoms with van der Waals surface area (Å²) in [7, 11) is 0. The number of hydrogen-bond donors (Lipinski definition) is 1. The Morgan fingerprint density at radius 3 is 2.58 bits per heavy atom. The molecule has 1 amide bonds. The smallest absolute Gasteiger partial charge is 0.262 e. The first-order valence-corrected chi connectivity index (χ1v) is 10.3. The minimum absolute atomic E-state index is 0.00474. The van der Waals surface area contributed by atoms with Crippen molar-refractivity contribution in [3.05, 3.63) is 76.0 Å². The van der Waals surface area contributed by atoms with Gasteiger partial charge in [-0.25, -0.2) is 0 Å². The third-order valence-corrected chi connectivity index (χ3v) is 5.77. The Bertz CT molecular complexity index is 855. The molecule has 0 aliphatic carbocycles. The molecule has 5 heteroatoms. The van der Waals surface area contributed by atoms with E-state index < -0.39 is 0 Å². The van der Waals surface area contributed by atoms with Crippen LogP contribution in [-0.2, 0) is 10.5 Å². The van der Waals surface area contributed by atoms with Crippen molar-refractivity contribution in [1.82, 2.24) is 0 Å². The third kappa shape index (κ3) is 4.90. The minimum Gasteiger partial charge on any atom is -0.483 e. The maximum absolute atomic E-state index is 12.3. The predicted octanol–water partition coefficient (Wildman–Crippen LogP) is 5.67. The number of anilines is 1. The summed E-state index contributed by atoms with van der Waals surface area (Å²) in [6, 6.07) is 15.9. The van der Waals surface area contributed by atoms with Crippen LogP contribution in [0.2, 0.25) is 0 Å². The van der Waals surface area contributed by atoms with E-state index in [1.54, 1.807) is 23.1 Å². The summed E-state index contributed by atoms with van der Waals surface area (Å²) in [5.74, 6) is 1.51. The van der Waals surface area contributed by atoms with Gasteiger partial charge in [-0.3, -0.25) is 4.79 Å². The summed E-state index contributed by atoms with van der Waals surface area (Å²) in [4.78, 5) is 13.4. The van der Waals surface area contributed by atoms with Gasteiger partial charge in [0.1, 0.15) is 5.75 Å². The van der Waals surface area contributed by atoms with Crippen molar-refractivity contribution in [2.75, 3.05) is 11.9 Å². The lowest BCUT2D eigenvalue weighted by Gasteiger charge is -2.13. The molecule has 26 heavy (non-hydrogen) atoms. The summed E-state index contributed by atoms with van der Waals surface area (Å²) in [6.07, 6.45) is 0. The molecule has 3 nitrogen and oxygen atoms in total. The number of para-hydroxylation sites is 2. The van der Waals surface area contributed by atoms with E-state index >= 15 is 0 Å². The van der Waals surface area contributed by atoms with E-state index in [1.807, 2.05) is 56.3 Å². The molecular weight excluding hydrogens is 362 g/mol. The van der Waals surface area contributed by atoms with Crippen LogP contribution in [0.4, 0.5) is 5.69 Å². The Balaban J connectivity index is 1.60. The standard InChI is InChI=1S/C21H21NO2S2/c1-15-6-5-7-16(2)21(15)24-12-20(23)22-18-8-3-4-9-19(18)26-14-17-10-11-25-13-17/h3-11,13H,12,14H2,1-2H3,(H,22,23). The zero-order valence-corrected chi connectivity index (χ0v) is 16.5.